The first kappa shape index (κ1) is 79.3. The predicted molar refractivity (Wildman–Crippen MR) is 362 cm³/mol. The molecule has 0 saturated carbocycles. The third-order valence-electron chi connectivity index (χ3n) is 15.5. The van der Waals surface area contributed by atoms with Crippen molar-refractivity contribution in [1.82, 2.24) is 0 Å². The standard InChI is InChI=1S/C77H134O6/c1-4-7-10-13-16-19-22-25-28-30-31-32-33-34-35-36-37-38-39-40-41-42-43-44-45-46-47-48-50-52-55-58-61-64-67-70-76(79)82-73-74(72-81-75(78)69-66-63-60-57-54-51-27-24-21-18-15-12-9-6-3)83-77(80)71-68-65-62-59-56-53-49-29-26-23-20-17-14-11-8-5-2/h7,10,16,19,24-25,27-29,31-32,34-35,37-38,49,74H,4-6,8-9,11-15,17-18,20-23,26,30,33,36,39-48,50-73H2,1-3H3/b10-7-,19-16-,27-24-,28-25-,32-31-,35-34-,38-37-,49-29-. The van der Waals surface area contributed by atoms with E-state index in [4.69, 9.17) is 14.2 Å². The van der Waals surface area contributed by atoms with Crippen LogP contribution < -0.4 is 0 Å². The molecule has 0 bridgehead atoms. The molecule has 0 heterocycles. The van der Waals surface area contributed by atoms with Gasteiger partial charge < -0.3 is 14.2 Å². The van der Waals surface area contributed by atoms with Crippen LogP contribution in [0.5, 0.6) is 0 Å². The molecule has 83 heavy (non-hydrogen) atoms. The number of ether oxygens (including phenoxy) is 3. The van der Waals surface area contributed by atoms with Crippen LogP contribution in [0.15, 0.2) is 97.2 Å². The van der Waals surface area contributed by atoms with Gasteiger partial charge in [0.15, 0.2) is 6.10 Å². The molecule has 6 nitrogen and oxygen atoms in total. The van der Waals surface area contributed by atoms with Crippen molar-refractivity contribution in [3.05, 3.63) is 97.2 Å². The maximum Gasteiger partial charge on any atom is 0.306 e. The van der Waals surface area contributed by atoms with Gasteiger partial charge in [0.25, 0.3) is 0 Å². The Morgan fingerprint density at radius 1 is 0.253 bits per heavy atom. The third kappa shape index (κ3) is 69.0. The first-order chi connectivity index (χ1) is 41.0. The van der Waals surface area contributed by atoms with E-state index in [1.807, 2.05) is 0 Å². The van der Waals surface area contributed by atoms with Crippen LogP contribution in [0.2, 0.25) is 0 Å². The number of rotatable bonds is 65. The minimum atomic E-state index is -0.784. The molecule has 0 aliphatic carbocycles. The molecule has 0 spiro atoms. The largest absolute Gasteiger partial charge is 0.462 e. The molecule has 0 aromatic rings. The van der Waals surface area contributed by atoms with Crippen molar-refractivity contribution < 1.29 is 28.6 Å². The summed E-state index contributed by atoms with van der Waals surface area (Å²) < 4.78 is 17.0. The Kier molecular flexibility index (Phi) is 67.7. The van der Waals surface area contributed by atoms with E-state index >= 15 is 0 Å². The minimum Gasteiger partial charge on any atom is -0.462 e. The summed E-state index contributed by atoms with van der Waals surface area (Å²) in [5.74, 6) is -0.880. The van der Waals surface area contributed by atoms with Crippen LogP contribution in [0.3, 0.4) is 0 Å². The van der Waals surface area contributed by atoms with E-state index in [0.29, 0.717) is 19.3 Å². The summed E-state index contributed by atoms with van der Waals surface area (Å²) in [5, 5.41) is 0. The Labute approximate surface area is 515 Å². The van der Waals surface area contributed by atoms with E-state index < -0.39 is 6.10 Å². The van der Waals surface area contributed by atoms with Crippen molar-refractivity contribution in [3.8, 4) is 0 Å². The molecule has 0 N–H and O–H groups in total. The molecule has 0 fully saturated rings. The van der Waals surface area contributed by atoms with Crippen LogP contribution in [0.25, 0.3) is 0 Å². The van der Waals surface area contributed by atoms with Gasteiger partial charge in [-0.15, -0.1) is 0 Å². The second-order valence-corrected chi connectivity index (χ2v) is 23.8. The SMILES string of the molecule is CC/C=C\C/C=C\C/C=C\C/C=C\C/C=C\C/C=C\CCCCCCCCCCCCCCCCCCC(=O)OCC(COC(=O)CCCCCCC/C=C\CCCCCCC)OC(=O)CCCCCCC/C=C\CCCCCCCCC. The molecule has 478 valence electrons. The lowest BCUT2D eigenvalue weighted by molar-refractivity contribution is -0.167. The predicted octanol–water partition coefficient (Wildman–Crippen LogP) is 24.8. The van der Waals surface area contributed by atoms with Crippen LogP contribution in [0.1, 0.15) is 355 Å². The van der Waals surface area contributed by atoms with Crippen LogP contribution in [0, 0.1) is 0 Å². The van der Waals surface area contributed by atoms with Gasteiger partial charge in [0.1, 0.15) is 13.2 Å². The van der Waals surface area contributed by atoms with Crippen molar-refractivity contribution in [1.29, 1.82) is 0 Å². The number of carbonyl (C=O) groups is 3. The topological polar surface area (TPSA) is 78.9 Å². The van der Waals surface area contributed by atoms with Crippen LogP contribution >= 0.6 is 0 Å². The fourth-order valence-electron chi connectivity index (χ4n) is 10.2. The molecule has 1 unspecified atom stereocenters. The van der Waals surface area contributed by atoms with Gasteiger partial charge in [0.05, 0.1) is 0 Å². The summed E-state index contributed by atoms with van der Waals surface area (Å²) in [6.07, 6.45) is 95.8. The monoisotopic (exact) mass is 1160 g/mol. The summed E-state index contributed by atoms with van der Waals surface area (Å²) in [5.41, 5.74) is 0. The van der Waals surface area contributed by atoms with Gasteiger partial charge in [-0.3, -0.25) is 14.4 Å². The van der Waals surface area contributed by atoms with Gasteiger partial charge in [0.2, 0.25) is 0 Å². The highest BCUT2D eigenvalue weighted by Gasteiger charge is 2.19. The molecular weight excluding hydrogens is 1020 g/mol. The van der Waals surface area contributed by atoms with E-state index in [9.17, 15) is 14.4 Å². The lowest BCUT2D eigenvalue weighted by atomic mass is 10.0. The molecular formula is C77H134O6. The summed E-state index contributed by atoms with van der Waals surface area (Å²) in [6, 6.07) is 0. The Bertz CT molecular complexity index is 1610. The maximum atomic E-state index is 12.9. The average molecular weight is 1160 g/mol. The minimum absolute atomic E-state index is 0.0794. The maximum absolute atomic E-state index is 12.9. The lowest BCUT2D eigenvalue weighted by Gasteiger charge is -2.18. The van der Waals surface area contributed by atoms with Gasteiger partial charge in [0, 0.05) is 19.3 Å². The summed E-state index contributed by atoms with van der Waals surface area (Å²) >= 11 is 0. The van der Waals surface area contributed by atoms with Crippen molar-refractivity contribution in [2.45, 2.75) is 361 Å². The number of esters is 3. The number of hydrogen-bond donors (Lipinski definition) is 0. The van der Waals surface area contributed by atoms with Gasteiger partial charge in [-0.25, -0.2) is 0 Å². The Morgan fingerprint density at radius 2 is 0.470 bits per heavy atom. The smallest absolute Gasteiger partial charge is 0.306 e. The number of hydrogen-bond acceptors (Lipinski definition) is 6. The molecule has 0 saturated heterocycles. The Morgan fingerprint density at radius 3 is 0.747 bits per heavy atom. The van der Waals surface area contributed by atoms with Crippen molar-refractivity contribution in [2.75, 3.05) is 13.2 Å². The number of unbranched alkanes of at least 4 members (excludes halogenated alkanes) is 38. The van der Waals surface area contributed by atoms with Crippen molar-refractivity contribution >= 4 is 17.9 Å². The highest BCUT2D eigenvalue weighted by atomic mass is 16.6. The van der Waals surface area contributed by atoms with Gasteiger partial charge in [-0.05, 0) is 122 Å². The second kappa shape index (κ2) is 70.8. The van der Waals surface area contributed by atoms with E-state index in [1.54, 1.807) is 0 Å². The van der Waals surface area contributed by atoms with E-state index in [1.165, 1.54) is 199 Å². The molecule has 0 aromatic heterocycles. The summed E-state index contributed by atoms with van der Waals surface area (Å²) in [7, 11) is 0. The fourth-order valence-corrected chi connectivity index (χ4v) is 10.2. The number of carbonyl (C=O) groups excluding carboxylic acids is 3. The lowest BCUT2D eigenvalue weighted by Crippen LogP contribution is -2.30. The van der Waals surface area contributed by atoms with E-state index in [-0.39, 0.29) is 31.1 Å². The van der Waals surface area contributed by atoms with Gasteiger partial charge in [-0.1, -0.05) is 311 Å². The Balaban J connectivity index is 4.17. The molecule has 0 amide bonds. The molecule has 0 aliphatic rings. The van der Waals surface area contributed by atoms with Crippen LogP contribution in [-0.2, 0) is 28.6 Å². The summed E-state index contributed by atoms with van der Waals surface area (Å²) in [4.78, 5) is 38.4. The zero-order valence-electron chi connectivity index (χ0n) is 54.9. The molecule has 0 rings (SSSR count). The zero-order chi connectivity index (χ0) is 59.9. The fraction of sp³-hybridized carbons (Fsp3) is 0.753. The highest BCUT2D eigenvalue weighted by molar-refractivity contribution is 5.71. The van der Waals surface area contributed by atoms with Crippen LogP contribution in [-0.4, -0.2) is 37.2 Å². The average Bonchev–Trinajstić information content (AvgIpc) is 3.49. The van der Waals surface area contributed by atoms with Gasteiger partial charge in [-0.2, -0.15) is 0 Å². The van der Waals surface area contributed by atoms with E-state index in [0.717, 1.165) is 116 Å². The first-order valence-corrected chi connectivity index (χ1v) is 35.7. The summed E-state index contributed by atoms with van der Waals surface area (Å²) in [6.45, 7) is 6.54. The van der Waals surface area contributed by atoms with Gasteiger partial charge >= 0.3 is 17.9 Å². The molecule has 0 radical (unpaired) electrons. The van der Waals surface area contributed by atoms with E-state index in [2.05, 4.69) is 118 Å². The first-order valence-electron chi connectivity index (χ1n) is 35.7. The molecule has 1 atom stereocenters. The molecule has 0 aliphatic heterocycles. The Hall–Kier alpha value is -3.67. The third-order valence-corrected chi connectivity index (χ3v) is 15.5. The molecule has 6 heteroatoms. The second-order valence-electron chi connectivity index (χ2n) is 23.8. The van der Waals surface area contributed by atoms with Crippen LogP contribution in [0.4, 0.5) is 0 Å². The number of allylic oxidation sites excluding steroid dienone is 16. The highest BCUT2D eigenvalue weighted by Crippen LogP contribution is 2.17. The normalized spacial score (nSPS) is 12.7. The zero-order valence-corrected chi connectivity index (χ0v) is 54.9. The quantitative estimate of drug-likeness (QED) is 0.0261. The van der Waals surface area contributed by atoms with Crippen molar-refractivity contribution in [2.24, 2.45) is 0 Å². The molecule has 0 aromatic carbocycles. The van der Waals surface area contributed by atoms with Crippen molar-refractivity contribution in [3.63, 3.8) is 0 Å².